The number of rotatable bonds is 2. The molecular weight excluding hydrogens is 288 g/mol. The molecule has 0 aromatic carbocycles. The Bertz CT molecular complexity index is 580. The molecule has 6 nitrogen and oxygen atoms in total. The van der Waals surface area contributed by atoms with E-state index in [2.05, 4.69) is 0 Å². The van der Waals surface area contributed by atoms with Gasteiger partial charge in [0.2, 0.25) is 11.6 Å². The Morgan fingerprint density at radius 1 is 0.955 bits per heavy atom. The lowest BCUT2D eigenvalue weighted by atomic mass is 10.1. The number of furan rings is 1. The first-order chi connectivity index (χ1) is 10.4. The van der Waals surface area contributed by atoms with Crippen LogP contribution in [0.3, 0.4) is 0 Å². The van der Waals surface area contributed by atoms with E-state index in [4.69, 9.17) is 18.6 Å². The fraction of sp³-hybridized carbons (Fsp3) is 0.500. The van der Waals surface area contributed by atoms with Gasteiger partial charge in [0, 0.05) is 39.5 Å². The van der Waals surface area contributed by atoms with E-state index in [0.29, 0.717) is 25.7 Å². The van der Waals surface area contributed by atoms with Crippen LogP contribution in [-0.4, -0.2) is 23.5 Å². The van der Waals surface area contributed by atoms with Crippen LogP contribution in [0.2, 0.25) is 0 Å². The molecule has 4 bridgehead atoms. The van der Waals surface area contributed by atoms with Crippen molar-refractivity contribution >= 4 is 11.9 Å². The largest absolute Gasteiger partial charge is 0.466 e. The Kier molecular flexibility index (Phi) is 3.56. The molecule has 0 N–H and O–H groups in total. The van der Waals surface area contributed by atoms with Crippen molar-refractivity contribution in [3.63, 3.8) is 0 Å². The van der Waals surface area contributed by atoms with Crippen molar-refractivity contribution in [2.75, 3.05) is 0 Å². The molecule has 2 aliphatic heterocycles. The van der Waals surface area contributed by atoms with Gasteiger partial charge in [0.25, 0.3) is 0 Å². The molecule has 3 rings (SSSR count). The molecule has 3 heterocycles. The average molecular weight is 306 g/mol. The van der Waals surface area contributed by atoms with Crippen molar-refractivity contribution < 1.29 is 28.2 Å². The topological polar surface area (TPSA) is 75.0 Å². The number of fused-ring (bicyclic) bond motifs is 4. The maximum Gasteiger partial charge on any atom is 0.305 e. The molecule has 1 aromatic rings. The monoisotopic (exact) mass is 306 g/mol. The summed E-state index contributed by atoms with van der Waals surface area (Å²) < 4.78 is 22.4. The van der Waals surface area contributed by atoms with Gasteiger partial charge >= 0.3 is 11.9 Å². The minimum atomic E-state index is -1.23. The normalized spacial score (nSPS) is 29.9. The third kappa shape index (κ3) is 2.92. The van der Waals surface area contributed by atoms with Crippen LogP contribution >= 0.6 is 0 Å². The number of aryl methyl sites for hydroxylation is 2. The van der Waals surface area contributed by atoms with Gasteiger partial charge in [-0.2, -0.15) is 0 Å². The zero-order valence-corrected chi connectivity index (χ0v) is 12.6. The van der Waals surface area contributed by atoms with Crippen LogP contribution in [0.25, 0.3) is 0 Å². The lowest BCUT2D eigenvalue weighted by Gasteiger charge is -2.34. The number of esters is 2. The van der Waals surface area contributed by atoms with Gasteiger partial charge in [-0.25, -0.2) is 0 Å². The van der Waals surface area contributed by atoms with Crippen molar-refractivity contribution in [2.24, 2.45) is 0 Å². The van der Waals surface area contributed by atoms with Crippen molar-refractivity contribution in [2.45, 2.75) is 51.1 Å². The summed E-state index contributed by atoms with van der Waals surface area (Å²) in [6.07, 6.45) is 5.19. The van der Waals surface area contributed by atoms with Crippen LogP contribution in [0, 0.1) is 0 Å². The lowest BCUT2D eigenvalue weighted by molar-refractivity contribution is -0.292. The van der Waals surface area contributed by atoms with E-state index >= 15 is 0 Å². The van der Waals surface area contributed by atoms with E-state index in [0.717, 1.165) is 11.5 Å². The highest BCUT2D eigenvalue weighted by molar-refractivity contribution is 5.67. The van der Waals surface area contributed by atoms with Crippen LogP contribution in [0.5, 0.6) is 0 Å². The minimum Gasteiger partial charge on any atom is -0.466 e. The molecule has 6 heteroatoms. The molecule has 118 valence electrons. The molecule has 0 fully saturated rings. The molecule has 1 aromatic heterocycles. The van der Waals surface area contributed by atoms with Crippen molar-refractivity contribution in [1.82, 2.24) is 0 Å². The molecule has 22 heavy (non-hydrogen) atoms. The first-order valence-electron chi connectivity index (χ1n) is 7.28. The fourth-order valence-corrected chi connectivity index (χ4v) is 2.87. The first kappa shape index (κ1) is 14.8. The van der Waals surface area contributed by atoms with Crippen molar-refractivity contribution in [3.05, 3.63) is 35.8 Å². The lowest BCUT2D eigenvalue weighted by Crippen LogP contribution is -2.43. The van der Waals surface area contributed by atoms with Crippen LogP contribution in [-0.2, 0) is 36.6 Å². The molecule has 2 aliphatic rings. The third-order valence-corrected chi connectivity index (χ3v) is 3.73. The van der Waals surface area contributed by atoms with Gasteiger partial charge in [0.15, 0.2) is 0 Å². The summed E-state index contributed by atoms with van der Waals surface area (Å²) in [5, 5.41) is 0. The zero-order chi connectivity index (χ0) is 15.8. The van der Waals surface area contributed by atoms with Crippen molar-refractivity contribution in [1.29, 1.82) is 0 Å². The predicted molar refractivity (Wildman–Crippen MR) is 74.6 cm³/mol. The van der Waals surface area contributed by atoms with Crippen molar-refractivity contribution in [3.8, 4) is 0 Å². The van der Waals surface area contributed by atoms with Crippen LogP contribution in [0.1, 0.15) is 38.2 Å². The minimum absolute atomic E-state index is 0.388. The predicted octanol–water partition coefficient (Wildman–Crippen LogP) is 2.26. The summed E-state index contributed by atoms with van der Waals surface area (Å²) >= 11 is 0. The van der Waals surface area contributed by atoms with Gasteiger partial charge in [0.1, 0.15) is 11.5 Å². The van der Waals surface area contributed by atoms with Gasteiger partial charge in [-0.05, 0) is 24.3 Å². The van der Waals surface area contributed by atoms with E-state index in [-0.39, 0.29) is 0 Å². The number of carbonyl (C=O) groups excluding carboxylic acids is 2. The summed E-state index contributed by atoms with van der Waals surface area (Å²) in [5.41, 5.74) is 0. The van der Waals surface area contributed by atoms with Gasteiger partial charge in [0.05, 0.1) is 0 Å². The third-order valence-electron chi connectivity index (χ3n) is 3.73. The van der Waals surface area contributed by atoms with Crippen LogP contribution in [0.4, 0.5) is 0 Å². The van der Waals surface area contributed by atoms with Gasteiger partial charge in [-0.1, -0.05) is 0 Å². The Hall–Kier alpha value is -2.08. The Balaban J connectivity index is 1.94. The second-order valence-electron chi connectivity index (χ2n) is 5.61. The van der Waals surface area contributed by atoms with E-state index < -0.39 is 23.5 Å². The van der Waals surface area contributed by atoms with E-state index in [1.54, 1.807) is 12.2 Å². The highest BCUT2D eigenvalue weighted by Crippen LogP contribution is 2.40. The first-order valence-corrected chi connectivity index (χ1v) is 7.28. The van der Waals surface area contributed by atoms with E-state index in [9.17, 15) is 9.59 Å². The summed E-state index contributed by atoms with van der Waals surface area (Å²) in [7, 11) is 0. The maximum absolute atomic E-state index is 11.4. The zero-order valence-electron chi connectivity index (χ0n) is 12.6. The molecule has 0 saturated heterocycles. The second-order valence-corrected chi connectivity index (χ2v) is 5.61. The SMILES string of the molecule is CC(=O)O[C@]12C=C[C@@](OC(C)=O)(CCc3ccc(o3)CC1)O2. The molecule has 0 spiro atoms. The number of carbonyl (C=O) groups is 2. The van der Waals surface area contributed by atoms with Crippen LogP contribution < -0.4 is 0 Å². The fourth-order valence-electron chi connectivity index (χ4n) is 2.87. The average Bonchev–Trinajstić information content (AvgIpc) is 2.98. The molecule has 0 radical (unpaired) electrons. The maximum atomic E-state index is 11.4. The molecule has 0 saturated carbocycles. The smallest absolute Gasteiger partial charge is 0.305 e. The summed E-state index contributed by atoms with van der Waals surface area (Å²) in [6, 6.07) is 3.80. The highest BCUT2D eigenvalue weighted by atomic mass is 16.8. The molecule has 0 unspecified atom stereocenters. The Morgan fingerprint density at radius 2 is 1.41 bits per heavy atom. The summed E-state index contributed by atoms with van der Waals surface area (Å²) in [6.45, 7) is 2.64. The number of hydrogen-bond acceptors (Lipinski definition) is 6. The van der Waals surface area contributed by atoms with E-state index in [1.807, 2.05) is 12.1 Å². The second kappa shape index (κ2) is 5.28. The number of hydrogen-bond donors (Lipinski definition) is 0. The van der Waals surface area contributed by atoms with Gasteiger partial charge in [-0.15, -0.1) is 0 Å². The Labute approximate surface area is 128 Å². The van der Waals surface area contributed by atoms with Crippen LogP contribution in [0.15, 0.2) is 28.7 Å². The Morgan fingerprint density at radius 3 is 1.82 bits per heavy atom. The van der Waals surface area contributed by atoms with Gasteiger partial charge in [-0.3, -0.25) is 14.3 Å². The molecular formula is C16H18O6. The summed E-state index contributed by atoms with van der Waals surface area (Å²) in [5.74, 6) is -1.76. The molecule has 0 amide bonds. The standard InChI is InChI=1S/C16H18O6/c1-11(17)20-15-7-5-13-3-4-14(19-13)6-8-16(22-15,10-9-15)21-12(2)18/h3-4,9-10H,5-8H2,1-2H3/t15-,16-/m1/s1. The quantitative estimate of drug-likeness (QED) is 0.616. The molecule has 2 atom stereocenters. The van der Waals surface area contributed by atoms with E-state index in [1.165, 1.54) is 13.8 Å². The number of ether oxygens (including phenoxy) is 3. The highest BCUT2D eigenvalue weighted by Gasteiger charge is 2.49. The molecule has 0 aliphatic carbocycles. The summed E-state index contributed by atoms with van der Waals surface area (Å²) in [4.78, 5) is 22.9. The van der Waals surface area contributed by atoms with Gasteiger partial charge < -0.3 is 13.9 Å².